The fourth-order valence-electron chi connectivity index (χ4n) is 3.56. The van der Waals surface area contributed by atoms with Gasteiger partial charge < -0.3 is 9.84 Å². The molecule has 1 aliphatic rings. The van der Waals surface area contributed by atoms with Crippen LogP contribution in [0.1, 0.15) is 35.3 Å². The predicted octanol–water partition coefficient (Wildman–Crippen LogP) is 5.35. The van der Waals surface area contributed by atoms with Crippen molar-refractivity contribution in [2.45, 2.75) is 26.2 Å². The molecule has 0 spiro atoms. The maximum absolute atomic E-state index is 14.1. The van der Waals surface area contributed by atoms with Crippen LogP contribution in [0, 0.1) is 12.7 Å². The van der Waals surface area contributed by atoms with Crippen molar-refractivity contribution < 1.29 is 19.0 Å². The maximum atomic E-state index is 14.1. The summed E-state index contributed by atoms with van der Waals surface area (Å²) in [6.45, 7) is 3.83. The second kappa shape index (κ2) is 11.0. The number of nitrogens with two attached hydrogens (primary N) is 1. The molecule has 1 saturated heterocycles. The van der Waals surface area contributed by atoms with Crippen molar-refractivity contribution in [2.75, 3.05) is 20.2 Å². The van der Waals surface area contributed by atoms with E-state index in [9.17, 15) is 14.3 Å². The quantitative estimate of drug-likeness (QED) is 0.375. The van der Waals surface area contributed by atoms with E-state index in [4.69, 9.17) is 33.8 Å². The summed E-state index contributed by atoms with van der Waals surface area (Å²) in [5.41, 5.74) is 1.62. The van der Waals surface area contributed by atoms with E-state index in [1.165, 1.54) is 36.1 Å². The van der Waals surface area contributed by atoms with Gasteiger partial charge in [0, 0.05) is 24.2 Å². The van der Waals surface area contributed by atoms with E-state index < -0.39 is 11.8 Å². The van der Waals surface area contributed by atoms with Crippen LogP contribution >= 0.6 is 23.2 Å². The molecule has 3 N–H and O–H groups in total. The highest BCUT2D eigenvalue weighted by molar-refractivity contribution is 6.36. The normalized spacial score (nSPS) is 13.9. The third-order valence-electron chi connectivity index (χ3n) is 5.32. The molecule has 4 rings (SSSR count). The lowest BCUT2D eigenvalue weighted by Gasteiger charge is -2.20. The number of rotatable bonds is 4. The van der Waals surface area contributed by atoms with Gasteiger partial charge in [0.1, 0.15) is 10.8 Å². The highest BCUT2D eigenvalue weighted by atomic mass is 35.5. The van der Waals surface area contributed by atoms with Crippen molar-refractivity contribution >= 4 is 29.2 Å². The third kappa shape index (κ3) is 5.65. The molecule has 2 aromatic carbocycles. The Morgan fingerprint density at radius 2 is 1.76 bits per heavy atom. The number of methoxy groups -OCH3 is 1. The maximum Gasteiger partial charge on any atom is 0.356 e. The highest BCUT2D eigenvalue weighted by Gasteiger charge is 2.24. The van der Waals surface area contributed by atoms with Gasteiger partial charge in [-0.1, -0.05) is 29.6 Å². The first-order valence-corrected chi connectivity index (χ1v) is 11.1. The number of aromatic carboxylic acids is 1. The number of benzene rings is 2. The van der Waals surface area contributed by atoms with Crippen molar-refractivity contribution in [1.82, 2.24) is 14.8 Å². The smallest absolute Gasteiger partial charge is 0.356 e. The van der Waals surface area contributed by atoms with E-state index in [1.54, 1.807) is 38.3 Å². The Labute approximate surface area is 201 Å². The second-order valence-electron chi connectivity index (χ2n) is 7.56. The minimum absolute atomic E-state index is 0.132. The monoisotopic (exact) mass is 494 g/mol. The van der Waals surface area contributed by atoms with Crippen LogP contribution in [0.25, 0.3) is 16.9 Å². The number of hydrogen-bond acceptors (Lipinski definition) is 5. The molecule has 0 aliphatic carbocycles. The Morgan fingerprint density at radius 3 is 2.27 bits per heavy atom. The molecule has 0 radical (unpaired) electrons. The van der Waals surface area contributed by atoms with Gasteiger partial charge in [-0.05, 0) is 56.2 Å². The highest BCUT2D eigenvalue weighted by Crippen LogP contribution is 2.35. The molecule has 176 valence electrons. The number of aromatic nitrogens is 2. The molecular weight excluding hydrogens is 470 g/mol. The Kier molecular flexibility index (Phi) is 8.31. The van der Waals surface area contributed by atoms with Crippen LogP contribution in [0.2, 0.25) is 10.0 Å². The lowest BCUT2D eigenvalue weighted by atomic mass is 10.1. The fourth-order valence-corrected chi connectivity index (χ4v) is 4.01. The lowest BCUT2D eigenvalue weighted by molar-refractivity contribution is 0.0689. The summed E-state index contributed by atoms with van der Waals surface area (Å²) in [5.74, 6) is 4.13. The Hall–Kier alpha value is -2.65. The minimum Gasteiger partial charge on any atom is -0.497 e. The molecular formula is C23H25Cl2FN4O3. The van der Waals surface area contributed by atoms with E-state index in [0.29, 0.717) is 22.6 Å². The van der Waals surface area contributed by atoms with E-state index in [2.05, 4.69) is 5.10 Å². The average molecular weight is 495 g/mol. The van der Waals surface area contributed by atoms with Crippen molar-refractivity contribution in [3.8, 4) is 22.7 Å². The van der Waals surface area contributed by atoms with E-state index in [-0.39, 0.29) is 21.4 Å². The number of piperidine rings is 1. The first kappa shape index (κ1) is 25.0. The van der Waals surface area contributed by atoms with Gasteiger partial charge in [-0.2, -0.15) is 5.10 Å². The molecule has 3 aromatic rings. The van der Waals surface area contributed by atoms with E-state index in [0.717, 1.165) is 13.1 Å². The van der Waals surface area contributed by atoms with Crippen LogP contribution in [0.4, 0.5) is 4.39 Å². The number of ether oxygens (including phenoxy) is 1. The number of carbonyl (C=O) groups is 1. The molecule has 1 aliphatic heterocycles. The zero-order chi connectivity index (χ0) is 24.1. The van der Waals surface area contributed by atoms with Gasteiger partial charge in [0.05, 0.1) is 23.5 Å². The van der Waals surface area contributed by atoms with Crippen LogP contribution in [-0.2, 0) is 0 Å². The molecule has 10 heteroatoms. The SMILES string of the molecule is COc1ccc(-c2c(C)c(C(=O)O)nn2-c2ccc(Cl)c(F)c2Cl)cc1.NN1CCCCC1. The zero-order valence-corrected chi connectivity index (χ0v) is 19.8. The van der Waals surface area contributed by atoms with Crippen LogP contribution < -0.4 is 10.6 Å². The number of nitrogens with zero attached hydrogens (tertiary/aromatic N) is 3. The molecule has 0 saturated carbocycles. The standard InChI is InChI=1S/C18H13Cl2FN2O3.C5H12N2/c1-9-16(18(24)25)22-23(13-8-7-12(19)15(21)14(13)20)17(9)10-3-5-11(26-2)6-4-10;6-7-4-2-1-3-5-7/h3-8H,1-2H3,(H,24,25);1-6H2. The Bertz CT molecular complexity index is 1130. The largest absolute Gasteiger partial charge is 0.497 e. The first-order valence-electron chi connectivity index (χ1n) is 10.4. The molecule has 7 nitrogen and oxygen atoms in total. The van der Waals surface area contributed by atoms with Crippen molar-refractivity contribution in [1.29, 1.82) is 0 Å². The van der Waals surface area contributed by atoms with Crippen LogP contribution in [0.5, 0.6) is 5.75 Å². The van der Waals surface area contributed by atoms with Crippen LogP contribution in [-0.4, -0.2) is 46.1 Å². The number of hydrazine groups is 1. The molecule has 2 heterocycles. The molecule has 1 aromatic heterocycles. The third-order valence-corrected chi connectivity index (χ3v) is 5.97. The number of halogens is 3. The van der Waals surface area contributed by atoms with Gasteiger partial charge in [0.25, 0.3) is 0 Å². The topological polar surface area (TPSA) is 93.6 Å². The average Bonchev–Trinajstić information content (AvgIpc) is 3.15. The Morgan fingerprint density at radius 1 is 1.12 bits per heavy atom. The van der Waals surface area contributed by atoms with E-state index >= 15 is 0 Å². The van der Waals surface area contributed by atoms with Gasteiger partial charge in [-0.15, -0.1) is 0 Å². The molecule has 0 amide bonds. The summed E-state index contributed by atoms with van der Waals surface area (Å²) in [6.07, 6.45) is 3.95. The summed E-state index contributed by atoms with van der Waals surface area (Å²) >= 11 is 11.8. The molecule has 1 fully saturated rings. The van der Waals surface area contributed by atoms with Crippen molar-refractivity contribution in [2.24, 2.45) is 5.84 Å². The van der Waals surface area contributed by atoms with Crippen molar-refractivity contribution in [3.05, 3.63) is 63.5 Å². The first-order chi connectivity index (χ1) is 15.7. The van der Waals surface area contributed by atoms with Gasteiger partial charge in [0.15, 0.2) is 11.5 Å². The predicted molar refractivity (Wildman–Crippen MR) is 127 cm³/mol. The summed E-state index contributed by atoms with van der Waals surface area (Å²) < 4.78 is 20.6. The summed E-state index contributed by atoms with van der Waals surface area (Å²) in [4.78, 5) is 11.5. The Balaban J connectivity index is 0.000000374. The van der Waals surface area contributed by atoms with Crippen LogP contribution in [0.15, 0.2) is 36.4 Å². The second-order valence-corrected chi connectivity index (χ2v) is 8.34. The molecule has 0 atom stereocenters. The number of hydrogen-bond donors (Lipinski definition) is 2. The minimum atomic E-state index is -1.19. The molecule has 33 heavy (non-hydrogen) atoms. The van der Waals surface area contributed by atoms with Gasteiger partial charge in [-0.3, -0.25) is 5.84 Å². The summed E-state index contributed by atoms with van der Waals surface area (Å²) in [7, 11) is 1.54. The van der Waals surface area contributed by atoms with E-state index in [1.807, 2.05) is 5.01 Å². The van der Waals surface area contributed by atoms with Crippen LogP contribution in [0.3, 0.4) is 0 Å². The summed E-state index contributed by atoms with van der Waals surface area (Å²) in [5, 5.41) is 15.1. The molecule has 0 bridgehead atoms. The van der Waals surface area contributed by atoms with Gasteiger partial charge in [0.2, 0.25) is 0 Å². The van der Waals surface area contributed by atoms with Crippen molar-refractivity contribution in [3.63, 3.8) is 0 Å². The number of carboxylic acid groups (broad SMARTS) is 1. The molecule has 0 unspecified atom stereocenters. The van der Waals surface area contributed by atoms with Gasteiger partial charge >= 0.3 is 5.97 Å². The fraction of sp³-hybridized carbons (Fsp3) is 0.304. The zero-order valence-electron chi connectivity index (χ0n) is 18.3. The summed E-state index contributed by atoms with van der Waals surface area (Å²) in [6, 6.07) is 9.80. The number of carboxylic acids is 1. The lowest BCUT2D eigenvalue weighted by Crippen LogP contribution is -2.35. The van der Waals surface area contributed by atoms with Gasteiger partial charge in [-0.25, -0.2) is 18.9 Å².